The minimum absolute atomic E-state index is 0.804. The first-order valence-electron chi connectivity index (χ1n) is 13.9. The van der Waals surface area contributed by atoms with Gasteiger partial charge in [0.05, 0.1) is 32.0 Å². The average molecular weight is 714 g/mol. The minimum Gasteiger partial charge on any atom is -0.477 e. The third-order valence-corrected chi connectivity index (χ3v) is 8.10. The maximum atomic E-state index is 12.6. The van der Waals surface area contributed by atoms with Crippen molar-refractivity contribution in [3.8, 4) is 0 Å². The maximum absolute atomic E-state index is 12.6. The first-order valence-corrected chi connectivity index (χ1v) is 15.2. The highest BCUT2D eigenvalue weighted by molar-refractivity contribution is 7.80. The third kappa shape index (κ3) is 9.07. The Kier molecular flexibility index (Phi) is 13.4. The summed E-state index contributed by atoms with van der Waals surface area (Å²) in [6.45, 7) is -2.32. The van der Waals surface area contributed by atoms with Crippen molar-refractivity contribution < 1.29 is 107 Å². The van der Waals surface area contributed by atoms with Crippen LogP contribution >= 0.6 is 0 Å². The number of carboxylic acids is 1. The molecule has 0 aromatic heterocycles. The van der Waals surface area contributed by atoms with Crippen molar-refractivity contribution in [2.75, 3.05) is 19.8 Å². The largest absolute Gasteiger partial charge is 0.477 e. The van der Waals surface area contributed by atoms with Crippen molar-refractivity contribution in [3.63, 3.8) is 0 Å². The molecular formula is C23H39NO22S. The van der Waals surface area contributed by atoms with Crippen LogP contribution in [0.4, 0.5) is 0 Å². The summed E-state index contributed by atoms with van der Waals surface area (Å²) < 4.78 is 62.5. The number of ether oxygens (including phenoxy) is 5. The number of nitrogens with one attached hydrogen (secondary N) is 1. The van der Waals surface area contributed by atoms with Crippen molar-refractivity contribution >= 4 is 22.3 Å². The summed E-state index contributed by atoms with van der Waals surface area (Å²) in [4.78, 5) is 24.4. The van der Waals surface area contributed by atoms with Gasteiger partial charge in [-0.1, -0.05) is 0 Å². The number of hydrogen-bond acceptors (Lipinski definition) is 20. The number of rotatable bonds is 13. The fraction of sp³-hybridized carbons (Fsp3) is 0.913. The smallest absolute Gasteiger partial charge is 0.397 e. The Morgan fingerprint density at radius 1 is 0.957 bits per heavy atom. The molecule has 24 heteroatoms. The molecule has 23 nitrogen and oxygen atoms in total. The molecule has 1 unspecified atom stereocenters. The number of carboxylic acid groups (broad SMARTS) is 1. The lowest BCUT2D eigenvalue weighted by Gasteiger charge is -2.50. The summed E-state index contributed by atoms with van der Waals surface area (Å²) in [6.07, 6.45) is -30.0. The van der Waals surface area contributed by atoms with E-state index in [2.05, 4.69) is 9.50 Å². The number of aliphatic hydroxyl groups is 10. The Morgan fingerprint density at radius 2 is 1.60 bits per heavy atom. The number of amides is 1. The van der Waals surface area contributed by atoms with Gasteiger partial charge in [0.1, 0.15) is 67.1 Å². The van der Waals surface area contributed by atoms with Crippen molar-refractivity contribution in [2.45, 2.75) is 111 Å². The van der Waals surface area contributed by atoms with Crippen LogP contribution in [0.15, 0.2) is 0 Å². The van der Waals surface area contributed by atoms with Gasteiger partial charge in [-0.2, -0.15) is 8.42 Å². The van der Waals surface area contributed by atoms with E-state index in [1.54, 1.807) is 0 Å². The van der Waals surface area contributed by atoms with E-state index in [0.717, 1.165) is 6.92 Å². The molecule has 0 radical (unpaired) electrons. The second kappa shape index (κ2) is 15.8. The van der Waals surface area contributed by atoms with E-state index in [1.165, 1.54) is 0 Å². The monoisotopic (exact) mass is 713 g/mol. The summed E-state index contributed by atoms with van der Waals surface area (Å²) in [7, 11) is -5.21. The fourth-order valence-electron chi connectivity index (χ4n) is 5.30. The van der Waals surface area contributed by atoms with Crippen LogP contribution in [0.25, 0.3) is 0 Å². The van der Waals surface area contributed by atoms with Crippen LogP contribution in [-0.2, 0) is 47.9 Å². The maximum Gasteiger partial charge on any atom is 0.397 e. The third-order valence-electron chi connectivity index (χ3n) is 7.67. The SMILES string of the molecule is CC(=O)N[C@H]1[C@H]([C@H](O)[C@H](O)CO)O[C@@](O[C@H]2[C@@H](O)[C@@H](COS(=O)(=O)O)O[C@@H](O[C@H]3[C@H](O)[C@@H](O)C(O)O[C@@H]3CO)[C@@H]2O)(C(=O)O)C[C@@H]1O. The van der Waals surface area contributed by atoms with E-state index in [4.69, 9.17) is 28.2 Å². The predicted octanol–water partition coefficient (Wildman–Crippen LogP) is -8.40. The molecule has 16 atom stereocenters. The van der Waals surface area contributed by atoms with Crippen molar-refractivity contribution in [3.05, 3.63) is 0 Å². The lowest BCUT2D eigenvalue weighted by Crippen LogP contribution is -2.71. The summed E-state index contributed by atoms with van der Waals surface area (Å²) in [5.74, 6) is -6.04. The molecule has 1 amide bonds. The molecule has 0 aromatic carbocycles. The average Bonchev–Trinajstić information content (AvgIpc) is 2.99. The molecule has 3 heterocycles. The Balaban J connectivity index is 2.02. The van der Waals surface area contributed by atoms with Crippen LogP contribution in [0.3, 0.4) is 0 Å². The first kappa shape index (κ1) is 39.6. The van der Waals surface area contributed by atoms with Gasteiger partial charge < -0.3 is 85.2 Å². The standard InChI is InChI=1S/C23H39NO22S/c1-6(27)24-11-7(28)2-23(22(36)37,45-18(11)12(30)8(29)3-25)46-19-13(31)10(5-41-47(38,39)40)43-21(16(19)34)44-17-9(4-26)42-20(35)15(33)14(17)32/h7-21,25-26,28-35H,2-5H2,1H3,(H,24,27)(H,36,37)(H,38,39,40)/t7-,8+,9+,10+,11+,12+,13-,14+,15+,16+,17+,18+,19-,20?,21-,23-/m0/s1. The lowest BCUT2D eigenvalue weighted by molar-refractivity contribution is -0.384. The van der Waals surface area contributed by atoms with E-state index in [0.29, 0.717) is 0 Å². The highest BCUT2D eigenvalue weighted by atomic mass is 32.3. The van der Waals surface area contributed by atoms with Crippen molar-refractivity contribution in [1.82, 2.24) is 5.32 Å². The van der Waals surface area contributed by atoms with E-state index in [-0.39, 0.29) is 0 Å². The minimum atomic E-state index is -5.21. The topological polar surface area (TPSA) is 378 Å². The van der Waals surface area contributed by atoms with E-state index in [9.17, 15) is 74.2 Å². The van der Waals surface area contributed by atoms with Gasteiger partial charge in [0, 0.05) is 13.3 Å². The normalized spacial score (nSPS) is 42.8. The quantitative estimate of drug-likeness (QED) is 0.0788. The van der Waals surface area contributed by atoms with Crippen LogP contribution in [0.5, 0.6) is 0 Å². The number of aliphatic hydroxyl groups excluding tert-OH is 10. The van der Waals surface area contributed by atoms with Gasteiger partial charge in [-0.15, -0.1) is 0 Å². The molecule has 0 spiro atoms. The zero-order valence-electron chi connectivity index (χ0n) is 24.3. The summed E-state index contributed by atoms with van der Waals surface area (Å²) in [5, 5.41) is 115. The molecule has 13 N–H and O–H groups in total. The van der Waals surface area contributed by atoms with Gasteiger partial charge in [-0.25, -0.2) is 8.98 Å². The summed E-state index contributed by atoms with van der Waals surface area (Å²) in [5.41, 5.74) is 0. The molecule has 274 valence electrons. The first-order chi connectivity index (χ1) is 21.8. The molecule has 3 rings (SSSR count). The van der Waals surface area contributed by atoms with Gasteiger partial charge >= 0.3 is 16.4 Å². The van der Waals surface area contributed by atoms with Gasteiger partial charge in [-0.3, -0.25) is 9.35 Å². The van der Waals surface area contributed by atoms with Crippen LogP contribution in [0.1, 0.15) is 13.3 Å². The van der Waals surface area contributed by atoms with Crippen LogP contribution in [0.2, 0.25) is 0 Å². The summed E-state index contributed by atoms with van der Waals surface area (Å²) in [6, 6.07) is -1.62. The fourth-order valence-corrected chi connectivity index (χ4v) is 5.61. The molecular weight excluding hydrogens is 674 g/mol. The van der Waals surface area contributed by atoms with Crippen molar-refractivity contribution in [2.24, 2.45) is 0 Å². The predicted molar refractivity (Wildman–Crippen MR) is 140 cm³/mol. The number of carbonyl (C=O) groups excluding carboxylic acids is 1. The molecule has 47 heavy (non-hydrogen) atoms. The Labute approximate surface area is 265 Å². The molecule has 0 aromatic rings. The van der Waals surface area contributed by atoms with E-state index >= 15 is 0 Å². The molecule has 0 aliphatic carbocycles. The molecule has 0 bridgehead atoms. The second-order valence-corrected chi connectivity index (χ2v) is 12.1. The molecule has 3 saturated heterocycles. The van der Waals surface area contributed by atoms with Gasteiger partial charge in [0.2, 0.25) is 5.91 Å². The molecule has 3 aliphatic rings. The van der Waals surface area contributed by atoms with Crippen LogP contribution < -0.4 is 5.32 Å². The zero-order chi connectivity index (χ0) is 35.6. The molecule has 3 fully saturated rings. The summed E-state index contributed by atoms with van der Waals surface area (Å²) >= 11 is 0. The van der Waals surface area contributed by atoms with Crippen molar-refractivity contribution in [1.29, 1.82) is 0 Å². The Bertz CT molecular complexity index is 1180. The van der Waals surface area contributed by atoms with Gasteiger partial charge in [0.15, 0.2) is 12.6 Å². The van der Waals surface area contributed by atoms with Crippen LogP contribution in [-0.4, -0.2) is 198 Å². The lowest BCUT2D eigenvalue weighted by atomic mass is 9.88. The number of aliphatic carboxylic acids is 1. The number of hydrogen-bond donors (Lipinski definition) is 13. The second-order valence-electron chi connectivity index (χ2n) is 11.0. The highest BCUT2D eigenvalue weighted by Gasteiger charge is 2.60. The van der Waals surface area contributed by atoms with Gasteiger partial charge in [-0.05, 0) is 0 Å². The van der Waals surface area contributed by atoms with Crippen LogP contribution in [0, 0.1) is 0 Å². The van der Waals surface area contributed by atoms with Gasteiger partial charge in [0.25, 0.3) is 5.79 Å². The Morgan fingerprint density at radius 3 is 2.13 bits per heavy atom. The molecule has 0 saturated carbocycles. The highest BCUT2D eigenvalue weighted by Crippen LogP contribution is 2.38. The zero-order valence-corrected chi connectivity index (χ0v) is 25.2. The van der Waals surface area contributed by atoms with E-state index in [1.807, 2.05) is 0 Å². The molecule has 3 aliphatic heterocycles. The van der Waals surface area contributed by atoms with E-state index < -0.39 is 146 Å². The Hall–Kier alpha value is -1.79. The number of carbonyl (C=O) groups is 2.